The van der Waals surface area contributed by atoms with Crippen molar-refractivity contribution in [3.63, 3.8) is 0 Å². The fraction of sp³-hybridized carbons (Fsp3) is 0.357. The lowest BCUT2D eigenvalue weighted by molar-refractivity contribution is 0.591. The van der Waals surface area contributed by atoms with Crippen LogP contribution in [0.3, 0.4) is 0 Å². The Kier molecular flexibility index (Phi) is 3.92. The van der Waals surface area contributed by atoms with Crippen molar-refractivity contribution in [1.82, 2.24) is 14.8 Å². The number of amidine groups is 1. The topological polar surface area (TPSA) is 80.6 Å². The van der Waals surface area contributed by atoms with E-state index in [1.165, 1.54) is 30.3 Å². The monoisotopic (exact) mass is 305 g/mol. The number of rotatable bonds is 3. The Morgan fingerprint density at radius 1 is 1.29 bits per heavy atom. The number of nitrogens with one attached hydrogen (secondary N) is 1. The molecule has 21 heavy (non-hydrogen) atoms. The predicted octanol–water partition coefficient (Wildman–Crippen LogP) is 2.58. The van der Waals surface area contributed by atoms with Gasteiger partial charge in [0.05, 0.1) is 0 Å². The number of nitrogens with zero attached hydrogens (tertiary/aromatic N) is 3. The molecule has 0 bridgehead atoms. The van der Waals surface area contributed by atoms with E-state index in [0.717, 1.165) is 41.7 Å². The molecule has 0 spiro atoms. The zero-order chi connectivity index (χ0) is 14.8. The van der Waals surface area contributed by atoms with Crippen molar-refractivity contribution < 1.29 is 4.39 Å². The van der Waals surface area contributed by atoms with Crippen LogP contribution in [0.25, 0.3) is 0 Å². The van der Waals surface area contributed by atoms with Crippen LogP contribution in [0.15, 0.2) is 28.3 Å². The van der Waals surface area contributed by atoms with Gasteiger partial charge in [-0.05, 0) is 42.8 Å². The molecule has 1 aliphatic rings. The first kappa shape index (κ1) is 14.1. The SMILES string of the molecule is N=C(N)c1cc(F)ccc1Sc1nnc2n1CCCCC2. The second-order valence-electron chi connectivity index (χ2n) is 5.02. The molecule has 0 aliphatic carbocycles. The summed E-state index contributed by atoms with van der Waals surface area (Å²) in [7, 11) is 0. The van der Waals surface area contributed by atoms with Crippen molar-refractivity contribution in [2.75, 3.05) is 0 Å². The largest absolute Gasteiger partial charge is 0.384 e. The molecule has 0 saturated heterocycles. The molecule has 0 amide bonds. The maximum atomic E-state index is 13.3. The molecular weight excluding hydrogens is 289 g/mol. The molecule has 2 heterocycles. The highest BCUT2D eigenvalue weighted by Gasteiger charge is 2.17. The summed E-state index contributed by atoms with van der Waals surface area (Å²) in [5.74, 6) is 0.457. The lowest BCUT2D eigenvalue weighted by Gasteiger charge is -2.09. The summed E-state index contributed by atoms with van der Waals surface area (Å²) in [6.45, 7) is 0.904. The maximum Gasteiger partial charge on any atom is 0.196 e. The Labute approximate surface area is 126 Å². The normalized spacial score (nSPS) is 14.5. The summed E-state index contributed by atoms with van der Waals surface area (Å²) in [5, 5.41) is 16.8. The highest BCUT2D eigenvalue weighted by molar-refractivity contribution is 7.99. The molecular formula is C14H16FN5S. The van der Waals surface area contributed by atoms with Crippen LogP contribution < -0.4 is 5.73 Å². The number of nitrogens with two attached hydrogens (primary N) is 1. The molecule has 0 fully saturated rings. The minimum absolute atomic E-state index is 0.146. The molecule has 1 aliphatic heterocycles. The number of hydrogen-bond donors (Lipinski definition) is 2. The third-order valence-corrected chi connectivity index (χ3v) is 4.57. The van der Waals surface area contributed by atoms with Crippen molar-refractivity contribution >= 4 is 17.6 Å². The van der Waals surface area contributed by atoms with Gasteiger partial charge in [-0.15, -0.1) is 10.2 Å². The molecule has 2 aromatic rings. The van der Waals surface area contributed by atoms with Gasteiger partial charge in [0.15, 0.2) is 5.16 Å². The van der Waals surface area contributed by atoms with Crippen LogP contribution in [-0.4, -0.2) is 20.6 Å². The quantitative estimate of drug-likeness (QED) is 0.674. The molecule has 0 radical (unpaired) electrons. The van der Waals surface area contributed by atoms with Gasteiger partial charge in [0, 0.05) is 23.4 Å². The third kappa shape index (κ3) is 2.92. The number of nitrogen functional groups attached to an aromatic ring is 1. The number of aryl methyl sites for hydroxylation is 1. The van der Waals surface area contributed by atoms with Gasteiger partial charge < -0.3 is 10.3 Å². The molecule has 3 rings (SSSR count). The van der Waals surface area contributed by atoms with Crippen LogP contribution >= 0.6 is 11.8 Å². The first-order valence-corrected chi connectivity index (χ1v) is 7.70. The molecule has 0 saturated carbocycles. The van der Waals surface area contributed by atoms with E-state index in [-0.39, 0.29) is 5.84 Å². The summed E-state index contributed by atoms with van der Waals surface area (Å²) in [5.41, 5.74) is 5.93. The Bertz CT molecular complexity index is 682. The lowest BCUT2D eigenvalue weighted by Crippen LogP contribution is -2.13. The molecule has 3 N–H and O–H groups in total. The molecule has 7 heteroatoms. The summed E-state index contributed by atoms with van der Waals surface area (Å²) < 4.78 is 15.4. The van der Waals surface area contributed by atoms with Crippen LogP contribution in [0.5, 0.6) is 0 Å². The van der Waals surface area contributed by atoms with Gasteiger partial charge in [-0.25, -0.2) is 4.39 Å². The van der Waals surface area contributed by atoms with Crippen molar-refractivity contribution in [2.24, 2.45) is 5.73 Å². The number of hydrogen-bond acceptors (Lipinski definition) is 4. The smallest absolute Gasteiger partial charge is 0.196 e. The average Bonchev–Trinajstić information content (AvgIpc) is 2.69. The van der Waals surface area contributed by atoms with E-state index in [1.807, 2.05) is 0 Å². The Morgan fingerprint density at radius 3 is 2.95 bits per heavy atom. The van der Waals surface area contributed by atoms with Gasteiger partial charge in [-0.2, -0.15) is 0 Å². The van der Waals surface area contributed by atoms with Crippen molar-refractivity contribution in [3.05, 3.63) is 35.4 Å². The predicted molar refractivity (Wildman–Crippen MR) is 79.1 cm³/mol. The fourth-order valence-electron chi connectivity index (χ4n) is 2.43. The van der Waals surface area contributed by atoms with Gasteiger partial charge >= 0.3 is 0 Å². The van der Waals surface area contributed by atoms with Gasteiger partial charge in [0.25, 0.3) is 0 Å². The van der Waals surface area contributed by atoms with Crippen LogP contribution in [-0.2, 0) is 13.0 Å². The molecule has 0 unspecified atom stereocenters. The molecule has 1 aromatic carbocycles. The Hall–Kier alpha value is -1.89. The van der Waals surface area contributed by atoms with Crippen molar-refractivity contribution in [1.29, 1.82) is 5.41 Å². The minimum Gasteiger partial charge on any atom is -0.384 e. The number of halogens is 1. The van der Waals surface area contributed by atoms with Crippen LogP contribution in [0, 0.1) is 11.2 Å². The van der Waals surface area contributed by atoms with Gasteiger partial charge in [-0.3, -0.25) is 5.41 Å². The average molecular weight is 305 g/mol. The molecule has 1 aromatic heterocycles. The second-order valence-corrected chi connectivity index (χ2v) is 6.03. The standard InChI is InChI=1S/C14H16FN5S/c15-9-5-6-11(10(8-9)13(16)17)21-14-19-18-12-4-2-1-3-7-20(12)14/h5-6,8H,1-4,7H2,(H3,16,17). The van der Waals surface area contributed by atoms with E-state index in [2.05, 4.69) is 14.8 Å². The Balaban J connectivity index is 1.94. The maximum absolute atomic E-state index is 13.3. The highest BCUT2D eigenvalue weighted by Crippen LogP contribution is 2.31. The first-order valence-electron chi connectivity index (χ1n) is 6.89. The van der Waals surface area contributed by atoms with E-state index >= 15 is 0 Å². The summed E-state index contributed by atoms with van der Waals surface area (Å²) >= 11 is 1.38. The second kappa shape index (κ2) is 5.85. The number of fused-ring (bicyclic) bond motifs is 1. The molecule has 110 valence electrons. The zero-order valence-electron chi connectivity index (χ0n) is 11.5. The van der Waals surface area contributed by atoms with Gasteiger partial charge in [-0.1, -0.05) is 6.42 Å². The third-order valence-electron chi connectivity index (χ3n) is 3.51. The lowest BCUT2D eigenvalue weighted by atomic mass is 10.2. The van der Waals surface area contributed by atoms with E-state index in [1.54, 1.807) is 6.07 Å². The summed E-state index contributed by atoms with van der Waals surface area (Å²) in [4.78, 5) is 0.725. The van der Waals surface area contributed by atoms with E-state index in [0.29, 0.717) is 5.56 Å². The van der Waals surface area contributed by atoms with Crippen LogP contribution in [0.2, 0.25) is 0 Å². The van der Waals surface area contributed by atoms with Crippen molar-refractivity contribution in [2.45, 2.75) is 42.3 Å². The fourth-order valence-corrected chi connectivity index (χ4v) is 3.43. The van der Waals surface area contributed by atoms with Gasteiger partial charge in [0.2, 0.25) is 0 Å². The zero-order valence-corrected chi connectivity index (χ0v) is 12.3. The Morgan fingerprint density at radius 2 is 2.14 bits per heavy atom. The highest BCUT2D eigenvalue weighted by atomic mass is 32.2. The molecule has 0 atom stereocenters. The van der Waals surface area contributed by atoms with Gasteiger partial charge in [0.1, 0.15) is 17.5 Å². The first-order chi connectivity index (χ1) is 10.1. The van der Waals surface area contributed by atoms with Crippen LogP contribution in [0.4, 0.5) is 4.39 Å². The summed E-state index contributed by atoms with van der Waals surface area (Å²) in [6, 6.07) is 4.29. The van der Waals surface area contributed by atoms with E-state index < -0.39 is 5.82 Å². The molecule has 5 nitrogen and oxygen atoms in total. The summed E-state index contributed by atoms with van der Waals surface area (Å²) in [6.07, 6.45) is 4.39. The van der Waals surface area contributed by atoms with E-state index in [9.17, 15) is 4.39 Å². The van der Waals surface area contributed by atoms with E-state index in [4.69, 9.17) is 11.1 Å². The number of aromatic nitrogens is 3. The number of benzene rings is 1. The van der Waals surface area contributed by atoms with Crippen LogP contribution in [0.1, 0.15) is 30.7 Å². The van der Waals surface area contributed by atoms with Crippen molar-refractivity contribution in [3.8, 4) is 0 Å². The minimum atomic E-state index is -0.398.